The quantitative estimate of drug-likeness (QED) is 0.743. The summed E-state index contributed by atoms with van der Waals surface area (Å²) < 4.78 is 7.14. The van der Waals surface area contributed by atoms with E-state index in [1.165, 1.54) is 0 Å². The first-order chi connectivity index (χ1) is 10.2. The van der Waals surface area contributed by atoms with E-state index in [1.807, 2.05) is 18.2 Å². The molecule has 0 bridgehead atoms. The number of para-hydroxylation sites is 2. The number of thiazole rings is 1. The van der Waals surface area contributed by atoms with Crippen molar-refractivity contribution >= 4 is 39.1 Å². The van der Waals surface area contributed by atoms with Crippen molar-refractivity contribution in [3.8, 4) is 5.75 Å². The van der Waals surface area contributed by atoms with Crippen LogP contribution in [0.5, 0.6) is 5.75 Å². The van der Waals surface area contributed by atoms with Crippen LogP contribution in [0.25, 0.3) is 10.2 Å². The normalized spacial score (nSPS) is 10.7. The van der Waals surface area contributed by atoms with Crippen molar-refractivity contribution in [3.63, 3.8) is 0 Å². The number of rotatable bonds is 3. The molecule has 3 aromatic rings. The molecule has 106 valence electrons. The van der Waals surface area contributed by atoms with Crippen molar-refractivity contribution in [2.45, 2.75) is 0 Å². The van der Waals surface area contributed by atoms with E-state index in [0.717, 1.165) is 15.9 Å². The summed E-state index contributed by atoms with van der Waals surface area (Å²) in [5, 5.41) is 0.374. The lowest BCUT2D eigenvalue weighted by atomic mass is 10.3. The molecular weight excluding hydrogens is 310 g/mol. The molecule has 1 aromatic heterocycles. The number of ether oxygens (including phenoxy) is 1. The maximum atomic E-state index is 12.3. The van der Waals surface area contributed by atoms with Gasteiger partial charge in [-0.1, -0.05) is 47.2 Å². The zero-order valence-corrected chi connectivity index (χ0v) is 12.4. The minimum atomic E-state index is -0.441. The minimum absolute atomic E-state index is 0.221. The van der Waals surface area contributed by atoms with Gasteiger partial charge >= 0.3 is 4.87 Å². The first-order valence-electron chi connectivity index (χ1n) is 6.18. The second-order valence-corrected chi connectivity index (χ2v) is 5.69. The van der Waals surface area contributed by atoms with Crippen molar-refractivity contribution in [2.24, 2.45) is 0 Å². The lowest BCUT2D eigenvalue weighted by molar-refractivity contribution is 0.0840. The minimum Gasteiger partial charge on any atom is -0.484 e. The summed E-state index contributed by atoms with van der Waals surface area (Å²) >= 11 is 7.08. The predicted molar refractivity (Wildman–Crippen MR) is 83.7 cm³/mol. The third-order valence-corrected chi connectivity index (χ3v) is 4.12. The third kappa shape index (κ3) is 2.70. The molecule has 0 saturated heterocycles. The molecule has 0 radical (unpaired) electrons. The standard InChI is InChI=1S/C15H10ClNO3S/c16-11-7-4-8-12-14(11)17(15(19)21-12)13(18)9-20-10-5-2-1-3-6-10/h1-8H,9H2. The molecule has 0 saturated carbocycles. The van der Waals surface area contributed by atoms with Crippen molar-refractivity contribution in [3.05, 3.63) is 63.2 Å². The molecule has 0 atom stereocenters. The summed E-state index contributed by atoms with van der Waals surface area (Å²) in [5.41, 5.74) is 0.441. The fraction of sp³-hybridized carbons (Fsp3) is 0.0667. The Morgan fingerprint density at radius 1 is 1.14 bits per heavy atom. The van der Waals surface area contributed by atoms with Gasteiger partial charge in [-0.25, -0.2) is 4.57 Å². The molecule has 2 aromatic carbocycles. The molecule has 6 heteroatoms. The number of carbonyl (C=O) groups excluding carboxylic acids is 1. The van der Waals surface area contributed by atoms with E-state index in [0.29, 0.717) is 21.0 Å². The van der Waals surface area contributed by atoms with Crippen LogP contribution >= 0.6 is 22.9 Å². The lowest BCUT2D eigenvalue weighted by Crippen LogP contribution is -2.26. The number of hydrogen-bond acceptors (Lipinski definition) is 4. The highest BCUT2D eigenvalue weighted by molar-refractivity contribution is 7.16. The van der Waals surface area contributed by atoms with E-state index in [1.54, 1.807) is 30.3 Å². The molecule has 0 fully saturated rings. The summed E-state index contributed by atoms with van der Waals surface area (Å²) in [4.78, 5) is 23.9. The first-order valence-corrected chi connectivity index (χ1v) is 7.37. The van der Waals surface area contributed by atoms with Crippen LogP contribution in [-0.2, 0) is 0 Å². The summed E-state index contributed by atoms with van der Waals surface area (Å²) in [6.07, 6.45) is 0. The Morgan fingerprint density at radius 3 is 2.67 bits per heavy atom. The van der Waals surface area contributed by atoms with Crippen LogP contribution in [0.2, 0.25) is 5.02 Å². The molecule has 3 rings (SSSR count). The van der Waals surface area contributed by atoms with Crippen LogP contribution in [0, 0.1) is 0 Å². The second kappa shape index (κ2) is 5.71. The molecule has 1 heterocycles. The number of hydrogen-bond donors (Lipinski definition) is 0. The summed E-state index contributed by atoms with van der Waals surface area (Å²) in [6.45, 7) is -0.221. The topological polar surface area (TPSA) is 48.3 Å². The third-order valence-electron chi connectivity index (χ3n) is 2.91. The molecule has 0 aliphatic heterocycles. The summed E-state index contributed by atoms with van der Waals surface area (Å²) in [7, 11) is 0. The van der Waals surface area contributed by atoms with Gasteiger partial charge in [0.25, 0.3) is 5.91 Å². The Kier molecular flexibility index (Phi) is 3.77. The molecule has 0 N–H and O–H groups in total. The van der Waals surface area contributed by atoms with Gasteiger partial charge in [-0.05, 0) is 24.3 Å². The van der Waals surface area contributed by atoms with Crippen molar-refractivity contribution < 1.29 is 9.53 Å². The van der Waals surface area contributed by atoms with Gasteiger partial charge in [0, 0.05) is 0 Å². The average molecular weight is 320 g/mol. The van der Waals surface area contributed by atoms with Crippen LogP contribution in [0.3, 0.4) is 0 Å². The number of fused-ring (bicyclic) bond motifs is 1. The van der Waals surface area contributed by atoms with E-state index in [4.69, 9.17) is 16.3 Å². The number of halogens is 1. The number of benzene rings is 2. The average Bonchev–Trinajstić information content (AvgIpc) is 2.83. The fourth-order valence-electron chi connectivity index (χ4n) is 1.98. The van der Waals surface area contributed by atoms with E-state index in [2.05, 4.69) is 0 Å². The Bertz CT molecular complexity index is 854. The maximum absolute atomic E-state index is 12.3. The number of carbonyl (C=O) groups is 1. The zero-order chi connectivity index (χ0) is 14.8. The van der Waals surface area contributed by atoms with E-state index in [-0.39, 0.29) is 11.5 Å². The molecule has 21 heavy (non-hydrogen) atoms. The number of aromatic nitrogens is 1. The predicted octanol–water partition coefficient (Wildman–Crippen LogP) is 3.44. The van der Waals surface area contributed by atoms with Gasteiger partial charge in [0.2, 0.25) is 0 Å². The van der Waals surface area contributed by atoms with Gasteiger partial charge in [-0.15, -0.1) is 0 Å². The van der Waals surface area contributed by atoms with E-state index in [9.17, 15) is 9.59 Å². The molecule has 0 unspecified atom stereocenters. The van der Waals surface area contributed by atoms with Gasteiger partial charge in [0.05, 0.1) is 15.2 Å². The van der Waals surface area contributed by atoms with Crippen LogP contribution < -0.4 is 9.61 Å². The monoisotopic (exact) mass is 319 g/mol. The van der Waals surface area contributed by atoms with Crippen LogP contribution in [0.4, 0.5) is 0 Å². The molecule has 0 aliphatic rings. The molecule has 0 amide bonds. The van der Waals surface area contributed by atoms with Crippen LogP contribution in [0.1, 0.15) is 4.79 Å². The Morgan fingerprint density at radius 2 is 1.90 bits per heavy atom. The number of nitrogens with zero attached hydrogens (tertiary/aromatic N) is 1. The maximum Gasteiger partial charge on any atom is 0.315 e. The first kappa shape index (κ1) is 13.9. The van der Waals surface area contributed by atoms with Crippen LogP contribution in [-0.4, -0.2) is 17.1 Å². The van der Waals surface area contributed by atoms with Gasteiger partial charge in [0.15, 0.2) is 6.61 Å². The molecule has 0 spiro atoms. The molecule has 4 nitrogen and oxygen atoms in total. The Labute approximate surface area is 129 Å². The van der Waals surface area contributed by atoms with Gasteiger partial charge in [-0.2, -0.15) is 0 Å². The highest BCUT2D eigenvalue weighted by Crippen LogP contribution is 2.25. The zero-order valence-electron chi connectivity index (χ0n) is 10.8. The summed E-state index contributed by atoms with van der Waals surface area (Å²) in [6, 6.07) is 14.1. The highest BCUT2D eigenvalue weighted by atomic mass is 35.5. The lowest BCUT2D eigenvalue weighted by Gasteiger charge is -2.06. The highest BCUT2D eigenvalue weighted by Gasteiger charge is 2.17. The van der Waals surface area contributed by atoms with Crippen molar-refractivity contribution in [1.29, 1.82) is 0 Å². The Hall–Kier alpha value is -2.11. The smallest absolute Gasteiger partial charge is 0.315 e. The molecule has 0 aliphatic carbocycles. The SMILES string of the molecule is O=C(COc1ccccc1)n1c(=O)sc2cccc(Cl)c21. The van der Waals surface area contributed by atoms with Crippen molar-refractivity contribution in [2.75, 3.05) is 6.61 Å². The van der Waals surface area contributed by atoms with E-state index >= 15 is 0 Å². The van der Waals surface area contributed by atoms with Crippen molar-refractivity contribution in [1.82, 2.24) is 4.57 Å². The largest absolute Gasteiger partial charge is 0.484 e. The Balaban J connectivity index is 1.92. The molecular formula is C15H10ClNO3S. The fourth-order valence-corrected chi connectivity index (χ4v) is 3.21. The van der Waals surface area contributed by atoms with E-state index < -0.39 is 5.91 Å². The van der Waals surface area contributed by atoms with Gasteiger partial charge in [0.1, 0.15) is 5.75 Å². The summed E-state index contributed by atoms with van der Waals surface area (Å²) in [5.74, 6) is 0.132. The van der Waals surface area contributed by atoms with Gasteiger partial charge < -0.3 is 4.74 Å². The van der Waals surface area contributed by atoms with Crippen LogP contribution in [0.15, 0.2) is 53.3 Å². The second-order valence-electron chi connectivity index (χ2n) is 4.29. The van der Waals surface area contributed by atoms with Gasteiger partial charge in [-0.3, -0.25) is 9.59 Å².